The van der Waals surface area contributed by atoms with Crippen LogP contribution in [0.25, 0.3) is 0 Å². The molecule has 1 aliphatic heterocycles. The maximum Gasteiger partial charge on any atom is 0.331 e. The Morgan fingerprint density at radius 2 is 1.84 bits per heavy atom. The van der Waals surface area contributed by atoms with E-state index in [1.807, 2.05) is 66.5 Å². The highest BCUT2D eigenvalue weighted by atomic mass is 16.5. The number of aromatic amines is 1. The Bertz CT molecular complexity index is 1230. The van der Waals surface area contributed by atoms with Gasteiger partial charge in [-0.15, -0.1) is 0 Å². The minimum atomic E-state index is -0.637. The van der Waals surface area contributed by atoms with E-state index in [0.29, 0.717) is 25.1 Å². The van der Waals surface area contributed by atoms with Gasteiger partial charge in [-0.1, -0.05) is 43.7 Å². The van der Waals surface area contributed by atoms with E-state index in [4.69, 9.17) is 9.84 Å². The predicted molar refractivity (Wildman–Crippen MR) is 124 cm³/mol. The molecule has 0 aliphatic carbocycles. The number of nitrogens with one attached hydrogen (secondary N) is 1. The van der Waals surface area contributed by atoms with Crippen molar-refractivity contribution in [1.82, 2.24) is 9.55 Å². The molecular formula is C24H26N4O4. The smallest absolute Gasteiger partial charge is 0.331 e. The first-order chi connectivity index (χ1) is 15.5. The lowest BCUT2D eigenvalue weighted by Gasteiger charge is -2.24. The number of nitrogens with zero attached hydrogens (tertiary/aromatic N) is 3. The highest BCUT2D eigenvalue weighted by molar-refractivity contribution is 6.04. The third kappa shape index (κ3) is 4.03. The molecule has 0 amide bonds. The van der Waals surface area contributed by atoms with E-state index < -0.39 is 11.2 Å². The van der Waals surface area contributed by atoms with E-state index in [0.717, 1.165) is 23.4 Å². The summed E-state index contributed by atoms with van der Waals surface area (Å²) in [6, 6.07) is 17.1. The van der Waals surface area contributed by atoms with Crippen LogP contribution in [0.15, 0.2) is 69.3 Å². The fourth-order valence-electron chi connectivity index (χ4n) is 3.91. The number of methoxy groups -OCH3 is 1. The summed E-state index contributed by atoms with van der Waals surface area (Å²) in [4.78, 5) is 27.3. The first-order valence-corrected chi connectivity index (χ1v) is 10.7. The van der Waals surface area contributed by atoms with Crippen LogP contribution in [0.1, 0.15) is 43.4 Å². The number of hydrogen-bond donors (Lipinski definition) is 2. The van der Waals surface area contributed by atoms with Gasteiger partial charge in [0.15, 0.2) is 0 Å². The zero-order valence-corrected chi connectivity index (χ0v) is 18.1. The Morgan fingerprint density at radius 3 is 2.50 bits per heavy atom. The van der Waals surface area contributed by atoms with Crippen LogP contribution in [-0.2, 0) is 6.54 Å². The normalized spacial score (nSPS) is 15.6. The molecule has 8 heteroatoms. The van der Waals surface area contributed by atoms with Crippen molar-refractivity contribution in [2.45, 2.75) is 38.8 Å². The second-order valence-corrected chi connectivity index (χ2v) is 7.68. The van der Waals surface area contributed by atoms with Gasteiger partial charge in [0.05, 0.1) is 24.6 Å². The maximum absolute atomic E-state index is 12.7. The molecule has 1 aliphatic rings. The quantitative estimate of drug-likeness (QED) is 0.594. The molecule has 1 atom stereocenters. The Hall–Kier alpha value is -3.81. The van der Waals surface area contributed by atoms with Crippen LogP contribution >= 0.6 is 0 Å². The number of hydrogen-bond acceptors (Lipinski definition) is 6. The topological polar surface area (TPSA) is 99.9 Å². The van der Waals surface area contributed by atoms with E-state index in [2.05, 4.69) is 4.98 Å². The number of para-hydroxylation sites is 1. The molecule has 2 heterocycles. The largest absolute Gasteiger partial charge is 0.497 e. The molecule has 0 unspecified atom stereocenters. The van der Waals surface area contributed by atoms with E-state index >= 15 is 0 Å². The number of anilines is 1. The lowest BCUT2D eigenvalue weighted by molar-refractivity contribution is 0.394. The molecule has 2 aromatic carbocycles. The number of aromatic hydroxyl groups is 1. The summed E-state index contributed by atoms with van der Waals surface area (Å²) in [6.07, 6.45) is 1.95. The lowest BCUT2D eigenvalue weighted by atomic mass is 9.98. The minimum Gasteiger partial charge on any atom is -0.497 e. The molecule has 1 aromatic heterocycles. The van der Waals surface area contributed by atoms with Crippen molar-refractivity contribution in [3.63, 3.8) is 0 Å². The molecule has 8 nitrogen and oxygen atoms in total. The molecule has 166 valence electrons. The number of benzene rings is 2. The minimum absolute atomic E-state index is 0.0395. The van der Waals surface area contributed by atoms with Crippen molar-refractivity contribution in [2.24, 2.45) is 5.10 Å². The monoisotopic (exact) mass is 434 g/mol. The van der Waals surface area contributed by atoms with Gasteiger partial charge in [-0.2, -0.15) is 5.10 Å². The summed E-state index contributed by atoms with van der Waals surface area (Å²) in [5.41, 5.74) is 1.07. The van der Waals surface area contributed by atoms with Gasteiger partial charge in [0, 0.05) is 13.0 Å². The molecule has 0 bridgehead atoms. The van der Waals surface area contributed by atoms with Gasteiger partial charge in [-0.05, 0) is 36.2 Å². The Morgan fingerprint density at radius 1 is 1.12 bits per heavy atom. The molecule has 0 saturated carbocycles. The highest BCUT2D eigenvalue weighted by Gasteiger charge is 2.33. The summed E-state index contributed by atoms with van der Waals surface area (Å²) in [7, 11) is 1.62. The van der Waals surface area contributed by atoms with E-state index in [-0.39, 0.29) is 17.5 Å². The number of aromatic nitrogens is 2. The van der Waals surface area contributed by atoms with Gasteiger partial charge < -0.3 is 9.84 Å². The van der Waals surface area contributed by atoms with E-state index in [1.165, 1.54) is 4.57 Å². The second kappa shape index (κ2) is 9.13. The summed E-state index contributed by atoms with van der Waals surface area (Å²) >= 11 is 0. The molecule has 2 N–H and O–H groups in total. The fraction of sp³-hybridized carbons (Fsp3) is 0.292. The standard InChI is InChI=1S/C24H26N4O4/c1-3-4-14-27-23(30)21(22(29)25-24(27)31)19-15-20(16-10-12-18(32-2)13-11-16)28(26-19)17-8-6-5-7-9-17/h5-13,20,30H,3-4,14-15H2,1-2H3,(H,25,29,31)/t20-/m0/s1. The number of ether oxygens (including phenoxy) is 1. The number of unbranched alkanes of at least 4 members (excludes halogenated alkanes) is 1. The van der Waals surface area contributed by atoms with Crippen LogP contribution in [0.2, 0.25) is 0 Å². The van der Waals surface area contributed by atoms with Crippen LogP contribution in [0.3, 0.4) is 0 Å². The van der Waals surface area contributed by atoms with E-state index in [1.54, 1.807) is 7.11 Å². The Balaban J connectivity index is 1.80. The Labute approximate surface area is 185 Å². The van der Waals surface area contributed by atoms with Crippen molar-refractivity contribution in [1.29, 1.82) is 0 Å². The van der Waals surface area contributed by atoms with Gasteiger partial charge in [-0.25, -0.2) is 4.79 Å². The molecule has 0 spiro atoms. The zero-order valence-electron chi connectivity index (χ0n) is 18.1. The predicted octanol–water partition coefficient (Wildman–Crippen LogP) is 3.41. The molecule has 0 radical (unpaired) electrons. The van der Waals surface area contributed by atoms with Crippen molar-refractivity contribution in [3.8, 4) is 11.6 Å². The highest BCUT2D eigenvalue weighted by Crippen LogP contribution is 2.37. The first-order valence-electron chi connectivity index (χ1n) is 10.7. The molecule has 3 aromatic rings. The van der Waals surface area contributed by atoms with Gasteiger partial charge in [0.25, 0.3) is 5.56 Å². The van der Waals surface area contributed by atoms with Crippen LogP contribution in [0, 0.1) is 0 Å². The maximum atomic E-state index is 12.7. The first kappa shape index (κ1) is 21.4. The van der Waals surface area contributed by atoms with Crippen molar-refractivity contribution < 1.29 is 9.84 Å². The van der Waals surface area contributed by atoms with Crippen LogP contribution in [0.5, 0.6) is 11.6 Å². The van der Waals surface area contributed by atoms with Gasteiger partial charge in [0.2, 0.25) is 5.88 Å². The van der Waals surface area contributed by atoms with Crippen LogP contribution < -0.4 is 21.0 Å². The van der Waals surface area contributed by atoms with Crippen LogP contribution in [-0.4, -0.2) is 27.5 Å². The summed E-state index contributed by atoms with van der Waals surface area (Å²) in [5, 5.41) is 17.4. The number of hydrazone groups is 1. The lowest BCUT2D eigenvalue weighted by Crippen LogP contribution is -2.33. The van der Waals surface area contributed by atoms with Crippen LogP contribution in [0.4, 0.5) is 5.69 Å². The van der Waals surface area contributed by atoms with Crippen molar-refractivity contribution in [2.75, 3.05) is 12.1 Å². The van der Waals surface area contributed by atoms with Gasteiger partial charge in [0.1, 0.15) is 11.3 Å². The SMILES string of the molecule is CCCCn1c(O)c(C2=NN(c3ccccc3)[C@H](c3ccc(OC)cc3)C2)c(=O)[nH]c1=O. The summed E-state index contributed by atoms with van der Waals surface area (Å²) < 4.78 is 6.47. The molecule has 0 fully saturated rings. The number of rotatable bonds is 7. The third-order valence-electron chi connectivity index (χ3n) is 5.63. The fourth-order valence-corrected chi connectivity index (χ4v) is 3.91. The van der Waals surface area contributed by atoms with Crippen molar-refractivity contribution >= 4 is 11.4 Å². The third-order valence-corrected chi connectivity index (χ3v) is 5.63. The van der Waals surface area contributed by atoms with E-state index in [9.17, 15) is 14.7 Å². The summed E-state index contributed by atoms with van der Waals surface area (Å²) in [6.45, 7) is 2.31. The van der Waals surface area contributed by atoms with Gasteiger partial charge in [-0.3, -0.25) is 19.4 Å². The average Bonchev–Trinajstić information content (AvgIpc) is 3.24. The number of H-pyrrole nitrogens is 1. The average molecular weight is 434 g/mol. The summed E-state index contributed by atoms with van der Waals surface area (Å²) in [5.74, 6) is 0.408. The molecule has 4 rings (SSSR count). The molecule has 0 saturated heterocycles. The Kier molecular flexibility index (Phi) is 6.11. The zero-order chi connectivity index (χ0) is 22.7. The van der Waals surface area contributed by atoms with Gasteiger partial charge >= 0.3 is 5.69 Å². The second-order valence-electron chi connectivity index (χ2n) is 7.68. The van der Waals surface area contributed by atoms with Crippen molar-refractivity contribution in [3.05, 3.63) is 86.6 Å². The molecule has 32 heavy (non-hydrogen) atoms. The molecular weight excluding hydrogens is 408 g/mol.